The normalized spacial score (nSPS) is 16.5. The summed E-state index contributed by atoms with van der Waals surface area (Å²) in [7, 11) is 0. The Kier molecular flexibility index (Phi) is 3.52. The highest BCUT2D eigenvalue weighted by atomic mass is 16.3. The van der Waals surface area contributed by atoms with E-state index in [1.165, 1.54) is 5.56 Å². The molecule has 0 radical (unpaired) electrons. The van der Waals surface area contributed by atoms with E-state index >= 15 is 0 Å². The van der Waals surface area contributed by atoms with E-state index in [1.807, 2.05) is 24.3 Å². The summed E-state index contributed by atoms with van der Waals surface area (Å²) < 4.78 is 0. The van der Waals surface area contributed by atoms with E-state index in [0.717, 1.165) is 29.7 Å². The van der Waals surface area contributed by atoms with Gasteiger partial charge in [0.2, 0.25) is 5.91 Å². The number of aromatic hydroxyl groups is 1. The van der Waals surface area contributed by atoms with Crippen molar-refractivity contribution in [2.24, 2.45) is 0 Å². The fourth-order valence-electron chi connectivity index (χ4n) is 2.88. The van der Waals surface area contributed by atoms with Crippen LogP contribution in [0, 0.1) is 0 Å². The molecule has 21 heavy (non-hydrogen) atoms. The number of benzene rings is 2. The van der Waals surface area contributed by atoms with Crippen LogP contribution in [0.4, 0.5) is 5.69 Å². The van der Waals surface area contributed by atoms with E-state index in [-0.39, 0.29) is 24.1 Å². The van der Waals surface area contributed by atoms with Gasteiger partial charge in [-0.05, 0) is 53.8 Å². The van der Waals surface area contributed by atoms with Gasteiger partial charge < -0.3 is 16.2 Å². The molecular formula is C17H18N2O2. The summed E-state index contributed by atoms with van der Waals surface area (Å²) in [5, 5.41) is 12.5. The number of fused-ring (bicyclic) bond motifs is 1. The smallest absolute Gasteiger partial charge is 0.224 e. The van der Waals surface area contributed by atoms with Crippen LogP contribution < -0.4 is 11.1 Å². The summed E-state index contributed by atoms with van der Waals surface area (Å²) in [6, 6.07) is 12.7. The first-order chi connectivity index (χ1) is 10.1. The number of phenolic OH excluding ortho intramolecular Hbond substituents is 1. The Balaban J connectivity index is 1.67. The molecular weight excluding hydrogens is 264 g/mol. The lowest BCUT2D eigenvalue weighted by Crippen LogP contribution is -2.28. The number of hydrogen-bond acceptors (Lipinski definition) is 3. The molecule has 1 amide bonds. The van der Waals surface area contributed by atoms with Crippen LogP contribution in [-0.2, 0) is 17.6 Å². The van der Waals surface area contributed by atoms with Crippen LogP contribution in [0.1, 0.15) is 29.2 Å². The SMILES string of the molecule is Nc1ccc2c(c1)CCC2NC(=O)Cc1cccc(O)c1. The number of nitrogen functional groups attached to an aromatic ring is 1. The second kappa shape index (κ2) is 5.48. The molecule has 0 heterocycles. The Morgan fingerprint density at radius 1 is 1.29 bits per heavy atom. The minimum Gasteiger partial charge on any atom is -0.508 e. The molecule has 4 nitrogen and oxygen atoms in total. The third-order valence-electron chi connectivity index (χ3n) is 3.86. The molecule has 0 aliphatic heterocycles. The lowest BCUT2D eigenvalue weighted by atomic mass is 10.1. The molecule has 0 saturated carbocycles. The van der Waals surface area contributed by atoms with E-state index in [1.54, 1.807) is 18.2 Å². The average molecular weight is 282 g/mol. The third kappa shape index (κ3) is 2.99. The number of nitrogens with one attached hydrogen (secondary N) is 1. The molecule has 4 heteroatoms. The molecule has 0 bridgehead atoms. The first kappa shape index (κ1) is 13.5. The third-order valence-corrected chi connectivity index (χ3v) is 3.86. The van der Waals surface area contributed by atoms with Gasteiger partial charge >= 0.3 is 0 Å². The van der Waals surface area contributed by atoms with Crippen LogP contribution >= 0.6 is 0 Å². The summed E-state index contributed by atoms with van der Waals surface area (Å²) >= 11 is 0. The zero-order valence-corrected chi connectivity index (χ0v) is 11.7. The van der Waals surface area contributed by atoms with Gasteiger partial charge in [0.05, 0.1) is 12.5 Å². The zero-order valence-electron chi connectivity index (χ0n) is 11.7. The van der Waals surface area contributed by atoms with Crippen LogP contribution in [0.2, 0.25) is 0 Å². The molecule has 1 unspecified atom stereocenters. The van der Waals surface area contributed by atoms with Crippen LogP contribution in [0.3, 0.4) is 0 Å². The molecule has 3 rings (SSSR count). The van der Waals surface area contributed by atoms with E-state index < -0.39 is 0 Å². The molecule has 4 N–H and O–H groups in total. The second-order valence-corrected chi connectivity index (χ2v) is 5.46. The van der Waals surface area contributed by atoms with Crippen molar-refractivity contribution in [1.29, 1.82) is 0 Å². The standard InChI is InChI=1S/C17H18N2O2/c18-13-5-6-15-12(10-13)4-7-16(15)19-17(21)9-11-2-1-3-14(20)8-11/h1-3,5-6,8,10,16,20H,4,7,9,18H2,(H,19,21). The van der Waals surface area contributed by atoms with E-state index in [9.17, 15) is 9.90 Å². The van der Waals surface area contributed by atoms with Gasteiger partial charge in [0, 0.05) is 5.69 Å². The number of phenols is 1. The van der Waals surface area contributed by atoms with E-state index in [4.69, 9.17) is 5.73 Å². The van der Waals surface area contributed by atoms with Crippen LogP contribution in [0.5, 0.6) is 5.75 Å². The molecule has 0 spiro atoms. The number of anilines is 1. The fraction of sp³-hybridized carbons (Fsp3) is 0.235. The highest BCUT2D eigenvalue weighted by molar-refractivity contribution is 5.79. The van der Waals surface area contributed by atoms with Gasteiger partial charge in [-0.25, -0.2) is 0 Å². The molecule has 2 aromatic carbocycles. The van der Waals surface area contributed by atoms with Crippen molar-refractivity contribution in [1.82, 2.24) is 5.32 Å². The number of amides is 1. The van der Waals surface area contributed by atoms with Crippen LogP contribution in [0.15, 0.2) is 42.5 Å². The number of aryl methyl sites for hydroxylation is 1. The Bertz CT molecular complexity index is 682. The highest BCUT2D eigenvalue weighted by Gasteiger charge is 2.23. The lowest BCUT2D eigenvalue weighted by Gasteiger charge is -2.14. The molecule has 0 fully saturated rings. The largest absolute Gasteiger partial charge is 0.508 e. The number of hydrogen-bond donors (Lipinski definition) is 3. The quantitative estimate of drug-likeness (QED) is 0.756. The maximum Gasteiger partial charge on any atom is 0.224 e. The fourth-order valence-corrected chi connectivity index (χ4v) is 2.88. The molecule has 0 saturated heterocycles. The summed E-state index contributed by atoms with van der Waals surface area (Å²) in [6.45, 7) is 0. The molecule has 1 atom stereocenters. The Labute approximate surface area is 123 Å². The maximum absolute atomic E-state index is 12.1. The van der Waals surface area contributed by atoms with Crippen molar-refractivity contribution in [3.05, 3.63) is 59.2 Å². The molecule has 108 valence electrons. The van der Waals surface area contributed by atoms with E-state index in [2.05, 4.69) is 5.32 Å². The molecule has 0 aromatic heterocycles. The van der Waals surface area contributed by atoms with E-state index in [0.29, 0.717) is 0 Å². The minimum atomic E-state index is -0.0322. The van der Waals surface area contributed by atoms with Crippen LogP contribution in [0.25, 0.3) is 0 Å². The topological polar surface area (TPSA) is 75.3 Å². The van der Waals surface area contributed by atoms with Crippen molar-refractivity contribution >= 4 is 11.6 Å². The van der Waals surface area contributed by atoms with Gasteiger partial charge in [-0.1, -0.05) is 18.2 Å². The van der Waals surface area contributed by atoms with Crippen molar-refractivity contribution < 1.29 is 9.90 Å². The van der Waals surface area contributed by atoms with Crippen molar-refractivity contribution in [3.63, 3.8) is 0 Å². The van der Waals surface area contributed by atoms with Gasteiger partial charge in [-0.2, -0.15) is 0 Å². The summed E-state index contributed by atoms with van der Waals surface area (Å²) in [5.74, 6) is 0.150. The van der Waals surface area contributed by atoms with Gasteiger partial charge in [0.25, 0.3) is 0 Å². The number of carbonyl (C=O) groups excluding carboxylic acids is 1. The first-order valence-corrected chi connectivity index (χ1v) is 7.07. The highest BCUT2D eigenvalue weighted by Crippen LogP contribution is 2.32. The zero-order chi connectivity index (χ0) is 14.8. The van der Waals surface area contributed by atoms with Crippen LogP contribution in [-0.4, -0.2) is 11.0 Å². The monoisotopic (exact) mass is 282 g/mol. The molecule has 1 aliphatic carbocycles. The summed E-state index contributed by atoms with van der Waals surface area (Å²) in [6.07, 6.45) is 2.12. The van der Waals surface area contributed by atoms with Gasteiger partial charge in [-0.3, -0.25) is 4.79 Å². The van der Waals surface area contributed by atoms with Gasteiger partial charge in [0.15, 0.2) is 0 Å². The summed E-state index contributed by atoms with van der Waals surface area (Å²) in [5.41, 5.74) is 9.74. The lowest BCUT2D eigenvalue weighted by molar-refractivity contribution is -0.121. The predicted molar refractivity (Wildman–Crippen MR) is 81.9 cm³/mol. The minimum absolute atomic E-state index is 0.0322. The van der Waals surface area contributed by atoms with Gasteiger partial charge in [0.1, 0.15) is 5.75 Å². The second-order valence-electron chi connectivity index (χ2n) is 5.46. The van der Waals surface area contributed by atoms with Crippen molar-refractivity contribution in [3.8, 4) is 5.75 Å². The number of carbonyl (C=O) groups is 1. The molecule has 1 aliphatic rings. The first-order valence-electron chi connectivity index (χ1n) is 7.07. The Morgan fingerprint density at radius 2 is 2.14 bits per heavy atom. The Morgan fingerprint density at radius 3 is 2.95 bits per heavy atom. The molecule has 2 aromatic rings. The van der Waals surface area contributed by atoms with Crippen molar-refractivity contribution in [2.45, 2.75) is 25.3 Å². The van der Waals surface area contributed by atoms with Crippen molar-refractivity contribution in [2.75, 3.05) is 5.73 Å². The maximum atomic E-state index is 12.1. The van der Waals surface area contributed by atoms with Gasteiger partial charge in [-0.15, -0.1) is 0 Å². The Hall–Kier alpha value is -2.49. The predicted octanol–water partition coefficient (Wildman–Crippen LogP) is 2.32. The number of rotatable bonds is 3. The summed E-state index contributed by atoms with van der Waals surface area (Å²) in [4.78, 5) is 12.1. The number of nitrogens with two attached hydrogens (primary N) is 1. The average Bonchev–Trinajstić information content (AvgIpc) is 2.81.